The molecule has 5 rings (SSSR count). The molecule has 0 N–H and O–H groups in total. The summed E-state index contributed by atoms with van der Waals surface area (Å²) < 4.78 is 2.47. The van der Waals surface area contributed by atoms with E-state index in [-0.39, 0.29) is 18.4 Å². The summed E-state index contributed by atoms with van der Waals surface area (Å²) in [4.78, 5) is 17.0. The Labute approximate surface area is 211 Å². The van der Waals surface area contributed by atoms with Crippen LogP contribution in [0.5, 0.6) is 0 Å². The van der Waals surface area contributed by atoms with E-state index in [1.165, 1.54) is 12.4 Å². The van der Waals surface area contributed by atoms with Crippen LogP contribution in [-0.2, 0) is 24.1 Å². The van der Waals surface area contributed by atoms with Gasteiger partial charge >= 0.3 is 0 Å². The standard InChI is InChI=1S/C25H24BrClN4O3/c26-20-14-19-2-1-18-15-21(27)3-4-22(18)25(24(19)31(34)16-20)29-11-9-28(10-12-29)23(32)13-17-5-7-30(33)8-6-17/h3-8,14-16,25H,1-2,9-13H2/t25-/m1/s1. The van der Waals surface area contributed by atoms with Crippen molar-refractivity contribution in [3.05, 3.63) is 103 Å². The first-order valence-electron chi connectivity index (χ1n) is 11.3. The van der Waals surface area contributed by atoms with Gasteiger partial charge in [-0.05, 0) is 63.7 Å². The van der Waals surface area contributed by atoms with Crippen LogP contribution in [0.3, 0.4) is 0 Å². The molecule has 1 aliphatic heterocycles. The first-order valence-corrected chi connectivity index (χ1v) is 12.5. The van der Waals surface area contributed by atoms with Crippen molar-refractivity contribution in [3.8, 4) is 0 Å². The number of nitrogens with zero attached hydrogens (tertiary/aromatic N) is 4. The third-order valence-electron chi connectivity index (χ3n) is 6.70. The number of fused-ring (bicyclic) bond motifs is 2. The van der Waals surface area contributed by atoms with Gasteiger partial charge in [-0.1, -0.05) is 17.7 Å². The summed E-state index contributed by atoms with van der Waals surface area (Å²) in [5, 5.41) is 25.0. The monoisotopic (exact) mass is 542 g/mol. The zero-order valence-electron chi connectivity index (χ0n) is 18.5. The lowest BCUT2D eigenvalue weighted by atomic mass is 9.96. The zero-order valence-corrected chi connectivity index (χ0v) is 20.8. The Morgan fingerprint density at radius 2 is 1.74 bits per heavy atom. The lowest BCUT2D eigenvalue weighted by Crippen LogP contribution is -2.52. The van der Waals surface area contributed by atoms with Gasteiger partial charge in [0.1, 0.15) is 6.04 Å². The summed E-state index contributed by atoms with van der Waals surface area (Å²) in [6.07, 6.45) is 6.23. The molecule has 0 unspecified atom stereocenters. The van der Waals surface area contributed by atoms with E-state index in [0.717, 1.165) is 50.0 Å². The van der Waals surface area contributed by atoms with Crippen LogP contribution in [0, 0.1) is 10.4 Å². The molecule has 1 amide bonds. The van der Waals surface area contributed by atoms with Gasteiger partial charge in [0, 0.05) is 48.9 Å². The highest BCUT2D eigenvalue weighted by Gasteiger charge is 2.37. The topological polar surface area (TPSA) is 77.4 Å². The second-order valence-corrected chi connectivity index (χ2v) is 10.2. The molecule has 2 aromatic heterocycles. The molecule has 7 nitrogen and oxygen atoms in total. The predicted octanol–water partition coefficient (Wildman–Crippen LogP) is 2.94. The second-order valence-electron chi connectivity index (χ2n) is 8.80. The van der Waals surface area contributed by atoms with E-state index < -0.39 is 0 Å². The molecule has 176 valence electrons. The molecule has 1 atom stereocenters. The normalized spacial score (nSPS) is 18.2. The number of hydrogen-bond donors (Lipinski definition) is 0. The lowest BCUT2D eigenvalue weighted by Gasteiger charge is -2.39. The van der Waals surface area contributed by atoms with E-state index >= 15 is 0 Å². The van der Waals surface area contributed by atoms with Crippen LogP contribution in [-0.4, -0.2) is 41.9 Å². The summed E-state index contributed by atoms with van der Waals surface area (Å²) in [5.41, 5.74) is 4.85. The maximum Gasteiger partial charge on any atom is 0.227 e. The molecule has 1 fully saturated rings. The summed E-state index contributed by atoms with van der Waals surface area (Å²) in [6, 6.07) is 11.1. The average molecular weight is 544 g/mol. The summed E-state index contributed by atoms with van der Waals surface area (Å²) in [6.45, 7) is 2.47. The predicted molar refractivity (Wildman–Crippen MR) is 131 cm³/mol. The number of aromatic nitrogens is 2. The van der Waals surface area contributed by atoms with Gasteiger partial charge in [0.25, 0.3) is 0 Å². The van der Waals surface area contributed by atoms with Crippen LogP contribution < -0.4 is 9.46 Å². The highest BCUT2D eigenvalue weighted by molar-refractivity contribution is 9.10. The van der Waals surface area contributed by atoms with Gasteiger partial charge in [0.15, 0.2) is 18.6 Å². The summed E-state index contributed by atoms with van der Waals surface area (Å²) in [5.74, 6) is 0.0413. The minimum absolute atomic E-state index is 0.0413. The van der Waals surface area contributed by atoms with Gasteiger partial charge < -0.3 is 15.3 Å². The maximum atomic E-state index is 13.1. The van der Waals surface area contributed by atoms with Gasteiger partial charge in [-0.15, -0.1) is 0 Å². The Balaban J connectivity index is 1.40. The van der Waals surface area contributed by atoms with Crippen LogP contribution in [0.4, 0.5) is 0 Å². The van der Waals surface area contributed by atoms with E-state index in [0.29, 0.717) is 35.9 Å². The quantitative estimate of drug-likeness (QED) is 0.376. The number of rotatable bonds is 3. The Kier molecular flexibility index (Phi) is 6.46. The van der Waals surface area contributed by atoms with Gasteiger partial charge in [0.2, 0.25) is 11.6 Å². The molecule has 1 aliphatic carbocycles. The van der Waals surface area contributed by atoms with Crippen molar-refractivity contribution in [3.63, 3.8) is 0 Å². The Morgan fingerprint density at radius 1 is 1.03 bits per heavy atom. The maximum absolute atomic E-state index is 13.1. The smallest absolute Gasteiger partial charge is 0.227 e. The van der Waals surface area contributed by atoms with Crippen LogP contribution in [0.1, 0.15) is 34.0 Å². The zero-order chi connectivity index (χ0) is 23.8. The highest BCUT2D eigenvalue weighted by atomic mass is 79.9. The van der Waals surface area contributed by atoms with Crippen LogP contribution >= 0.6 is 27.5 Å². The second kappa shape index (κ2) is 9.52. The summed E-state index contributed by atoms with van der Waals surface area (Å²) >= 11 is 9.78. The third-order valence-corrected chi connectivity index (χ3v) is 7.37. The highest BCUT2D eigenvalue weighted by Crippen LogP contribution is 2.37. The van der Waals surface area contributed by atoms with E-state index in [1.54, 1.807) is 18.3 Å². The number of amides is 1. The Bertz CT molecular complexity index is 1230. The third kappa shape index (κ3) is 4.62. The number of aryl methyl sites for hydroxylation is 2. The number of carbonyl (C=O) groups excluding carboxylic acids is 1. The lowest BCUT2D eigenvalue weighted by molar-refractivity contribution is -0.617. The van der Waals surface area contributed by atoms with E-state index in [1.807, 2.05) is 29.2 Å². The molecule has 1 saturated heterocycles. The van der Waals surface area contributed by atoms with E-state index in [4.69, 9.17) is 11.6 Å². The summed E-state index contributed by atoms with van der Waals surface area (Å²) in [7, 11) is 0. The average Bonchev–Trinajstić information content (AvgIpc) is 2.97. The minimum Gasteiger partial charge on any atom is -0.619 e. The fourth-order valence-electron chi connectivity index (χ4n) is 5.02. The molecular formula is C25H24BrClN4O3. The number of benzene rings is 1. The molecule has 2 aliphatic rings. The Morgan fingerprint density at radius 3 is 2.47 bits per heavy atom. The van der Waals surface area contributed by atoms with E-state index in [2.05, 4.69) is 20.8 Å². The van der Waals surface area contributed by atoms with E-state index in [9.17, 15) is 15.2 Å². The van der Waals surface area contributed by atoms with Crippen molar-refractivity contribution in [2.24, 2.45) is 0 Å². The molecule has 9 heteroatoms. The van der Waals surface area contributed by atoms with Crippen molar-refractivity contribution >= 4 is 33.4 Å². The molecule has 1 aromatic carbocycles. The molecular weight excluding hydrogens is 520 g/mol. The first-order chi connectivity index (χ1) is 16.4. The van der Waals surface area contributed by atoms with Crippen molar-refractivity contribution in [2.45, 2.75) is 25.3 Å². The molecule has 0 spiro atoms. The van der Waals surface area contributed by atoms with Crippen molar-refractivity contribution in [2.75, 3.05) is 26.2 Å². The van der Waals surface area contributed by atoms with Gasteiger partial charge in [-0.3, -0.25) is 9.69 Å². The largest absolute Gasteiger partial charge is 0.619 e. The van der Waals surface area contributed by atoms with Gasteiger partial charge in [0.05, 0.1) is 10.9 Å². The molecule has 0 saturated carbocycles. The van der Waals surface area contributed by atoms with Crippen molar-refractivity contribution in [1.82, 2.24) is 9.80 Å². The molecule has 0 bridgehead atoms. The Hall–Kier alpha value is -2.68. The SMILES string of the molecule is O=C(Cc1cc[n+]([O-])cc1)N1CCN([C@@H]2c3ccc(Cl)cc3CCc3cc(Br)c[n+]([O-])c32)CC1. The molecule has 3 aromatic rings. The number of carbonyl (C=O) groups is 1. The fourth-order valence-corrected chi connectivity index (χ4v) is 5.68. The molecule has 3 heterocycles. The molecule has 34 heavy (non-hydrogen) atoms. The van der Waals surface area contributed by atoms with Gasteiger partial charge in [-0.2, -0.15) is 9.46 Å². The van der Waals surface area contributed by atoms with Crippen molar-refractivity contribution < 1.29 is 14.3 Å². The fraction of sp³-hybridized carbons (Fsp3) is 0.320. The number of piperazine rings is 1. The minimum atomic E-state index is -0.200. The van der Waals surface area contributed by atoms with Crippen LogP contribution in [0.2, 0.25) is 5.02 Å². The number of halogens is 2. The van der Waals surface area contributed by atoms with Gasteiger partial charge in [-0.25, -0.2) is 0 Å². The van der Waals surface area contributed by atoms with Crippen LogP contribution in [0.15, 0.2) is 59.5 Å². The first kappa shape index (κ1) is 23.1. The van der Waals surface area contributed by atoms with Crippen LogP contribution in [0.25, 0.3) is 0 Å². The van der Waals surface area contributed by atoms with Crippen molar-refractivity contribution in [1.29, 1.82) is 0 Å². The number of pyridine rings is 2. The number of hydrogen-bond acceptors (Lipinski definition) is 4. The molecule has 0 radical (unpaired) electrons.